The highest BCUT2D eigenvalue weighted by molar-refractivity contribution is 7.88. The molecule has 7 nitrogen and oxygen atoms in total. The van der Waals surface area contributed by atoms with Crippen LogP contribution in [0.4, 0.5) is 0 Å². The quantitative estimate of drug-likeness (QED) is 0.775. The van der Waals surface area contributed by atoms with Crippen molar-refractivity contribution in [3.63, 3.8) is 0 Å². The molecule has 0 aliphatic carbocycles. The van der Waals surface area contributed by atoms with Crippen LogP contribution in [0.25, 0.3) is 0 Å². The van der Waals surface area contributed by atoms with Gasteiger partial charge in [0, 0.05) is 32.6 Å². The number of nitrogens with zero attached hydrogens (tertiary/aromatic N) is 2. The fourth-order valence-electron chi connectivity index (χ4n) is 3.49. The van der Waals surface area contributed by atoms with Crippen LogP contribution in [0, 0.1) is 5.92 Å². The number of rotatable bonds is 3. The predicted octanol–water partition coefficient (Wildman–Crippen LogP) is -0.215. The average Bonchev–Trinajstić information content (AvgIpc) is 2.65. The van der Waals surface area contributed by atoms with E-state index in [0.29, 0.717) is 19.0 Å². The molecule has 8 heteroatoms. The molecular formula is C14H25N3O4S. The molecular weight excluding hydrogens is 306 g/mol. The predicted molar refractivity (Wildman–Crippen MR) is 82.6 cm³/mol. The minimum Gasteiger partial charge on any atom is -0.341 e. The van der Waals surface area contributed by atoms with Gasteiger partial charge < -0.3 is 9.80 Å². The van der Waals surface area contributed by atoms with Crippen LogP contribution in [0.3, 0.4) is 0 Å². The summed E-state index contributed by atoms with van der Waals surface area (Å²) in [5.74, 6) is 0.209. The number of hydrogen-bond donors (Lipinski definition) is 1. The Morgan fingerprint density at radius 1 is 1.18 bits per heavy atom. The largest absolute Gasteiger partial charge is 0.341 e. The van der Waals surface area contributed by atoms with Crippen LogP contribution in [0.1, 0.15) is 32.6 Å². The molecule has 0 bridgehead atoms. The van der Waals surface area contributed by atoms with Gasteiger partial charge in [-0.15, -0.1) is 0 Å². The molecule has 2 aliphatic heterocycles. The molecule has 2 aliphatic rings. The van der Waals surface area contributed by atoms with Crippen molar-refractivity contribution in [2.75, 3.05) is 32.4 Å². The summed E-state index contributed by atoms with van der Waals surface area (Å²) >= 11 is 0. The molecule has 0 aromatic rings. The van der Waals surface area contributed by atoms with E-state index < -0.39 is 10.0 Å². The first-order valence-corrected chi connectivity index (χ1v) is 9.66. The Kier molecular flexibility index (Phi) is 5.44. The summed E-state index contributed by atoms with van der Waals surface area (Å²) in [6, 6.07) is 0.215. The number of piperidine rings is 1. The third-order valence-corrected chi connectivity index (χ3v) is 5.23. The summed E-state index contributed by atoms with van der Waals surface area (Å²) in [4.78, 5) is 27.6. The molecule has 22 heavy (non-hydrogen) atoms. The smallest absolute Gasteiger partial charge is 0.237 e. The van der Waals surface area contributed by atoms with E-state index in [2.05, 4.69) is 4.72 Å². The second-order valence-electron chi connectivity index (χ2n) is 6.26. The second kappa shape index (κ2) is 6.95. The number of hydrogen-bond acceptors (Lipinski definition) is 4. The minimum absolute atomic E-state index is 0.107. The molecule has 0 unspecified atom stereocenters. The molecule has 2 rings (SSSR count). The zero-order chi connectivity index (χ0) is 16.3. The average molecular weight is 331 g/mol. The second-order valence-corrected chi connectivity index (χ2v) is 8.09. The van der Waals surface area contributed by atoms with Gasteiger partial charge in [0.1, 0.15) is 0 Å². The molecule has 2 amide bonds. The van der Waals surface area contributed by atoms with E-state index in [0.717, 1.165) is 38.5 Å². The Balaban J connectivity index is 1.98. The molecule has 2 heterocycles. The van der Waals surface area contributed by atoms with Gasteiger partial charge in [-0.05, 0) is 25.2 Å². The highest BCUT2D eigenvalue weighted by Gasteiger charge is 2.36. The standard InChI is InChI=1S/C14H25N3O4S/c1-11(18)17-7-4-3-5-12-10-16(8-6-13(12)17)14(19)9-15-22(2,20)21/h12-13,15H,3-10H2,1-2H3/t12-,13+/m0/s1. The number of nitrogens with one attached hydrogen (secondary N) is 1. The Morgan fingerprint density at radius 2 is 1.91 bits per heavy atom. The summed E-state index contributed by atoms with van der Waals surface area (Å²) in [7, 11) is -3.36. The van der Waals surface area contributed by atoms with Gasteiger partial charge in [-0.3, -0.25) is 9.59 Å². The highest BCUT2D eigenvalue weighted by atomic mass is 32.2. The lowest BCUT2D eigenvalue weighted by molar-refractivity contribution is -0.136. The van der Waals surface area contributed by atoms with Crippen LogP contribution < -0.4 is 4.72 Å². The van der Waals surface area contributed by atoms with Crippen molar-refractivity contribution in [1.82, 2.24) is 14.5 Å². The van der Waals surface area contributed by atoms with E-state index >= 15 is 0 Å². The molecule has 2 atom stereocenters. The van der Waals surface area contributed by atoms with Crippen molar-refractivity contribution in [3.05, 3.63) is 0 Å². The maximum atomic E-state index is 12.1. The summed E-state index contributed by atoms with van der Waals surface area (Å²) in [6.45, 7) is 3.41. The summed E-state index contributed by atoms with van der Waals surface area (Å²) in [6.07, 6.45) is 4.90. The molecule has 1 N–H and O–H groups in total. The summed E-state index contributed by atoms with van der Waals surface area (Å²) in [5.41, 5.74) is 0. The first-order chi connectivity index (χ1) is 10.3. The Hall–Kier alpha value is -1.15. The van der Waals surface area contributed by atoms with Crippen LogP contribution >= 0.6 is 0 Å². The molecule has 0 aromatic heterocycles. The van der Waals surface area contributed by atoms with Crippen molar-refractivity contribution < 1.29 is 18.0 Å². The molecule has 126 valence electrons. The third-order valence-electron chi connectivity index (χ3n) is 4.56. The van der Waals surface area contributed by atoms with Crippen molar-refractivity contribution in [3.8, 4) is 0 Å². The van der Waals surface area contributed by atoms with E-state index in [1.807, 2.05) is 4.90 Å². The fraction of sp³-hybridized carbons (Fsp3) is 0.857. The van der Waals surface area contributed by atoms with Gasteiger partial charge in [-0.25, -0.2) is 13.1 Å². The Morgan fingerprint density at radius 3 is 2.55 bits per heavy atom. The van der Waals surface area contributed by atoms with Gasteiger partial charge in [0.15, 0.2) is 0 Å². The van der Waals surface area contributed by atoms with Gasteiger partial charge in [0.25, 0.3) is 0 Å². The van der Waals surface area contributed by atoms with Crippen LogP contribution in [-0.2, 0) is 19.6 Å². The molecule has 0 spiro atoms. The lowest BCUT2D eigenvalue weighted by Crippen LogP contribution is -2.54. The monoisotopic (exact) mass is 331 g/mol. The van der Waals surface area contributed by atoms with E-state index in [4.69, 9.17) is 0 Å². The Bertz CT molecular complexity index is 534. The normalized spacial score (nSPS) is 26.3. The zero-order valence-corrected chi connectivity index (χ0v) is 14.1. The number of sulfonamides is 1. The van der Waals surface area contributed by atoms with Crippen LogP contribution in [0.5, 0.6) is 0 Å². The lowest BCUT2D eigenvalue weighted by atomic mass is 9.88. The fourth-order valence-corrected chi connectivity index (χ4v) is 3.88. The highest BCUT2D eigenvalue weighted by Crippen LogP contribution is 2.30. The first kappa shape index (κ1) is 17.2. The maximum absolute atomic E-state index is 12.1. The van der Waals surface area contributed by atoms with Crippen molar-refractivity contribution in [2.45, 2.75) is 38.6 Å². The van der Waals surface area contributed by atoms with Crippen LogP contribution in [0.2, 0.25) is 0 Å². The van der Waals surface area contributed by atoms with Crippen molar-refractivity contribution in [1.29, 1.82) is 0 Å². The SMILES string of the molecule is CC(=O)N1CCCC[C@H]2CN(C(=O)CNS(C)(=O)=O)CC[C@H]21. The minimum atomic E-state index is -3.36. The summed E-state index contributed by atoms with van der Waals surface area (Å²) < 4.78 is 24.4. The molecule has 0 aromatic carbocycles. The third kappa shape index (κ3) is 4.42. The van der Waals surface area contributed by atoms with Gasteiger partial charge in [0.2, 0.25) is 21.8 Å². The summed E-state index contributed by atoms with van der Waals surface area (Å²) in [5, 5.41) is 0. The van der Waals surface area contributed by atoms with Crippen molar-refractivity contribution in [2.24, 2.45) is 5.92 Å². The number of carbonyl (C=O) groups is 2. The number of fused-ring (bicyclic) bond motifs is 1. The van der Waals surface area contributed by atoms with Gasteiger partial charge >= 0.3 is 0 Å². The number of amides is 2. The molecule has 0 saturated carbocycles. The first-order valence-electron chi connectivity index (χ1n) is 7.77. The number of carbonyl (C=O) groups excluding carboxylic acids is 2. The van der Waals surface area contributed by atoms with Crippen molar-refractivity contribution >= 4 is 21.8 Å². The maximum Gasteiger partial charge on any atom is 0.237 e. The number of likely N-dealkylation sites (tertiary alicyclic amines) is 2. The topological polar surface area (TPSA) is 86.8 Å². The molecule has 2 saturated heterocycles. The van der Waals surface area contributed by atoms with Crippen LogP contribution in [-0.4, -0.2) is 68.5 Å². The van der Waals surface area contributed by atoms with Gasteiger partial charge in [-0.2, -0.15) is 0 Å². The van der Waals surface area contributed by atoms with E-state index in [9.17, 15) is 18.0 Å². The van der Waals surface area contributed by atoms with Crippen LogP contribution in [0.15, 0.2) is 0 Å². The lowest BCUT2D eigenvalue weighted by Gasteiger charge is -2.42. The zero-order valence-electron chi connectivity index (χ0n) is 13.2. The Labute approximate surface area is 132 Å². The van der Waals surface area contributed by atoms with E-state index in [-0.39, 0.29) is 24.4 Å². The molecule has 2 fully saturated rings. The van der Waals surface area contributed by atoms with Gasteiger partial charge in [-0.1, -0.05) is 6.42 Å². The van der Waals surface area contributed by atoms with Gasteiger partial charge in [0.05, 0.1) is 12.8 Å². The molecule has 0 radical (unpaired) electrons. The van der Waals surface area contributed by atoms with E-state index in [1.165, 1.54) is 0 Å². The van der Waals surface area contributed by atoms with E-state index in [1.54, 1.807) is 11.8 Å².